The molecule has 0 aliphatic heterocycles. The lowest BCUT2D eigenvalue weighted by molar-refractivity contribution is 0.0798. The van der Waals surface area contributed by atoms with Crippen molar-refractivity contribution in [2.45, 2.75) is 38.1 Å². The van der Waals surface area contributed by atoms with Gasteiger partial charge in [-0.15, -0.1) is 0 Å². The second-order valence-electron chi connectivity index (χ2n) is 4.19. The summed E-state index contributed by atoms with van der Waals surface area (Å²) >= 11 is 0. The van der Waals surface area contributed by atoms with E-state index in [1.807, 2.05) is 6.07 Å². The third-order valence-corrected chi connectivity index (χ3v) is 2.49. The normalized spacial score (nSPS) is 22.5. The summed E-state index contributed by atoms with van der Waals surface area (Å²) in [6, 6.07) is 2.02. The molecule has 0 aromatic rings. The zero-order valence-electron chi connectivity index (χ0n) is 8.25. The molecule has 0 aromatic carbocycles. The van der Waals surface area contributed by atoms with E-state index in [0.717, 1.165) is 6.61 Å². The molecule has 3 heteroatoms. The number of nitrogens with zero attached hydrogens (tertiary/aromatic N) is 1. The Morgan fingerprint density at radius 1 is 1.54 bits per heavy atom. The van der Waals surface area contributed by atoms with E-state index in [0.29, 0.717) is 12.5 Å². The molecule has 0 bridgehead atoms. The first-order chi connectivity index (χ1) is 6.14. The van der Waals surface area contributed by atoms with E-state index in [9.17, 15) is 0 Å². The molecule has 1 saturated carbocycles. The number of nitriles is 1. The van der Waals surface area contributed by atoms with Crippen molar-refractivity contribution in [2.24, 2.45) is 11.7 Å². The minimum absolute atomic E-state index is 0.347. The second kappa shape index (κ2) is 4.59. The van der Waals surface area contributed by atoms with E-state index >= 15 is 0 Å². The molecule has 1 aliphatic carbocycles. The topological polar surface area (TPSA) is 59.0 Å². The fourth-order valence-corrected chi connectivity index (χ4v) is 1.65. The standard InChI is InChI=1S/C10H18N2O/c1-10(12,7-11)8-13-6-9-4-2-3-5-9/h9H,2-6,8,12H2,1H3. The number of ether oxygens (including phenoxy) is 1. The average Bonchev–Trinajstić information content (AvgIpc) is 2.57. The predicted molar refractivity (Wildman–Crippen MR) is 51.0 cm³/mol. The minimum Gasteiger partial charge on any atom is -0.378 e. The van der Waals surface area contributed by atoms with Gasteiger partial charge in [0, 0.05) is 6.61 Å². The van der Waals surface area contributed by atoms with E-state index < -0.39 is 5.54 Å². The third-order valence-electron chi connectivity index (χ3n) is 2.49. The molecule has 13 heavy (non-hydrogen) atoms. The lowest BCUT2D eigenvalue weighted by atomic mass is 10.1. The summed E-state index contributed by atoms with van der Waals surface area (Å²) in [5, 5.41) is 8.63. The first-order valence-corrected chi connectivity index (χ1v) is 4.92. The van der Waals surface area contributed by atoms with Crippen LogP contribution in [-0.4, -0.2) is 18.8 Å². The van der Waals surface area contributed by atoms with Crippen LogP contribution in [-0.2, 0) is 4.74 Å². The molecule has 0 saturated heterocycles. The Labute approximate surface area is 79.9 Å². The quantitative estimate of drug-likeness (QED) is 0.715. The Hall–Kier alpha value is -0.590. The van der Waals surface area contributed by atoms with E-state index in [4.69, 9.17) is 15.7 Å². The van der Waals surface area contributed by atoms with Gasteiger partial charge in [-0.3, -0.25) is 0 Å². The van der Waals surface area contributed by atoms with Crippen LogP contribution in [0, 0.1) is 17.2 Å². The molecule has 1 rings (SSSR count). The van der Waals surface area contributed by atoms with Gasteiger partial charge < -0.3 is 10.5 Å². The van der Waals surface area contributed by atoms with Crippen molar-refractivity contribution < 1.29 is 4.74 Å². The van der Waals surface area contributed by atoms with Gasteiger partial charge in [-0.1, -0.05) is 12.8 Å². The third kappa shape index (κ3) is 3.75. The molecule has 0 aromatic heterocycles. The molecular weight excluding hydrogens is 164 g/mol. The molecule has 0 heterocycles. The largest absolute Gasteiger partial charge is 0.378 e. The monoisotopic (exact) mass is 182 g/mol. The number of hydrogen-bond acceptors (Lipinski definition) is 3. The van der Waals surface area contributed by atoms with Crippen molar-refractivity contribution in [3.05, 3.63) is 0 Å². The average molecular weight is 182 g/mol. The Morgan fingerprint density at radius 2 is 2.15 bits per heavy atom. The maximum atomic E-state index is 8.63. The minimum atomic E-state index is -0.821. The van der Waals surface area contributed by atoms with Gasteiger partial charge in [-0.25, -0.2) is 0 Å². The zero-order chi connectivity index (χ0) is 9.73. The van der Waals surface area contributed by atoms with E-state index in [2.05, 4.69) is 0 Å². The van der Waals surface area contributed by atoms with Gasteiger partial charge in [0.15, 0.2) is 0 Å². The maximum absolute atomic E-state index is 8.63. The fourth-order valence-electron chi connectivity index (χ4n) is 1.65. The highest BCUT2D eigenvalue weighted by Gasteiger charge is 2.20. The molecule has 0 amide bonds. The van der Waals surface area contributed by atoms with Gasteiger partial charge in [-0.05, 0) is 25.7 Å². The summed E-state index contributed by atoms with van der Waals surface area (Å²) in [4.78, 5) is 0. The van der Waals surface area contributed by atoms with Gasteiger partial charge in [0.25, 0.3) is 0 Å². The van der Waals surface area contributed by atoms with Gasteiger partial charge in [-0.2, -0.15) is 5.26 Å². The Morgan fingerprint density at radius 3 is 2.69 bits per heavy atom. The molecular formula is C10H18N2O. The van der Waals surface area contributed by atoms with Crippen molar-refractivity contribution >= 4 is 0 Å². The van der Waals surface area contributed by atoms with E-state index in [1.165, 1.54) is 25.7 Å². The van der Waals surface area contributed by atoms with Crippen molar-refractivity contribution in [3.8, 4) is 6.07 Å². The SMILES string of the molecule is CC(N)(C#N)COCC1CCCC1. The van der Waals surface area contributed by atoms with Crippen LogP contribution in [0.3, 0.4) is 0 Å². The molecule has 74 valence electrons. The van der Waals surface area contributed by atoms with Gasteiger partial charge >= 0.3 is 0 Å². The second-order valence-corrected chi connectivity index (χ2v) is 4.19. The molecule has 1 atom stereocenters. The molecule has 0 radical (unpaired) electrons. The van der Waals surface area contributed by atoms with Crippen LogP contribution in [0.4, 0.5) is 0 Å². The van der Waals surface area contributed by atoms with Gasteiger partial charge in [0.2, 0.25) is 0 Å². The van der Waals surface area contributed by atoms with Crippen molar-refractivity contribution in [2.75, 3.05) is 13.2 Å². The van der Waals surface area contributed by atoms with Gasteiger partial charge in [0.1, 0.15) is 5.54 Å². The lowest BCUT2D eigenvalue weighted by Gasteiger charge is -2.17. The van der Waals surface area contributed by atoms with E-state index in [-0.39, 0.29) is 0 Å². The highest BCUT2D eigenvalue weighted by atomic mass is 16.5. The summed E-state index contributed by atoms with van der Waals surface area (Å²) < 4.78 is 5.43. The molecule has 1 unspecified atom stereocenters. The highest BCUT2D eigenvalue weighted by molar-refractivity contribution is 5.00. The van der Waals surface area contributed by atoms with Crippen LogP contribution in [0.1, 0.15) is 32.6 Å². The van der Waals surface area contributed by atoms with E-state index in [1.54, 1.807) is 6.92 Å². The van der Waals surface area contributed by atoms with Crippen LogP contribution in [0.15, 0.2) is 0 Å². The van der Waals surface area contributed by atoms with Gasteiger partial charge in [0.05, 0.1) is 12.7 Å². The maximum Gasteiger partial charge on any atom is 0.124 e. The van der Waals surface area contributed by atoms with Crippen molar-refractivity contribution in [1.82, 2.24) is 0 Å². The summed E-state index contributed by atoms with van der Waals surface area (Å²) in [5.41, 5.74) is 4.79. The molecule has 3 nitrogen and oxygen atoms in total. The van der Waals surface area contributed by atoms with Crippen LogP contribution in [0.25, 0.3) is 0 Å². The van der Waals surface area contributed by atoms with Crippen LogP contribution < -0.4 is 5.73 Å². The van der Waals surface area contributed by atoms with Crippen molar-refractivity contribution in [3.63, 3.8) is 0 Å². The molecule has 1 aliphatic rings. The number of rotatable bonds is 4. The Kier molecular flexibility index (Phi) is 3.71. The molecule has 2 N–H and O–H groups in total. The first-order valence-electron chi connectivity index (χ1n) is 4.92. The molecule has 0 spiro atoms. The van der Waals surface area contributed by atoms with Crippen LogP contribution in [0.5, 0.6) is 0 Å². The first kappa shape index (κ1) is 10.5. The summed E-state index contributed by atoms with van der Waals surface area (Å²) in [6.07, 6.45) is 5.19. The Bertz CT molecular complexity index is 190. The van der Waals surface area contributed by atoms with Crippen molar-refractivity contribution in [1.29, 1.82) is 5.26 Å². The number of nitrogens with two attached hydrogens (primary N) is 1. The summed E-state index contributed by atoms with van der Waals surface area (Å²) in [7, 11) is 0. The smallest absolute Gasteiger partial charge is 0.124 e. The predicted octanol–water partition coefficient (Wildman–Crippen LogP) is 1.43. The highest BCUT2D eigenvalue weighted by Crippen LogP contribution is 2.24. The Balaban J connectivity index is 2.10. The summed E-state index contributed by atoms with van der Waals surface area (Å²) in [6.45, 7) is 2.82. The van der Waals surface area contributed by atoms with Crippen LogP contribution >= 0.6 is 0 Å². The molecule has 1 fully saturated rings. The fraction of sp³-hybridized carbons (Fsp3) is 0.900. The lowest BCUT2D eigenvalue weighted by Crippen LogP contribution is -2.39. The number of hydrogen-bond donors (Lipinski definition) is 1. The van der Waals surface area contributed by atoms with Crippen LogP contribution in [0.2, 0.25) is 0 Å². The zero-order valence-corrected chi connectivity index (χ0v) is 8.25. The summed E-state index contributed by atoms with van der Waals surface area (Å²) in [5.74, 6) is 0.703.